The van der Waals surface area contributed by atoms with Crippen molar-refractivity contribution in [2.45, 2.75) is 19.8 Å². The van der Waals surface area contributed by atoms with Gasteiger partial charge in [0.05, 0.1) is 0 Å². The molecule has 0 saturated heterocycles. The van der Waals surface area contributed by atoms with E-state index in [2.05, 4.69) is 20.3 Å². The summed E-state index contributed by atoms with van der Waals surface area (Å²) in [5.41, 5.74) is -0.133. The largest absolute Gasteiger partial charge is 0.475 e. The fourth-order valence-electron chi connectivity index (χ4n) is 1.22. The number of nitrogens with one attached hydrogen (secondary N) is 2. The van der Waals surface area contributed by atoms with E-state index in [4.69, 9.17) is 5.11 Å². The molecule has 0 aliphatic carbocycles. The van der Waals surface area contributed by atoms with Crippen molar-refractivity contribution in [3.05, 3.63) is 17.5 Å². The van der Waals surface area contributed by atoms with Gasteiger partial charge < -0.3 is 20.3 Å². The maximum absolute atomic E-state index is 11.5. The van der Waals surface area contributed by atoms with E-state index in [9.17, 15) is 14.4 Å². The van der Waals surface area contributed by atoms with E-state index < -0.39 is 17.6 Å². The molecule has 0 aromatic carbocycles. The molecule has 8 nitrogen and oxygen atoms in total. The minimum absolute atomic E-state index is 0.133. The Morgan fingerprint density at radius 2 is 2.05 bits per heavy atom. The van der Waals surface area contributed by atoms with Gasteiger partial charge in [0.1, 0.15) is 0 Å². The summed E-state index contributed by atoms with van der Waals surface area (Å²) in [6.45, 7) is 2.67. The van der Waals surface area contributed by atoms with E-state index in [-0.39, 0.29) is 24.6 Å². The average Bonchev–Trinajstić information content (AvgIpc) is 2.86. The Morgan fingerprint density at radius 1 is 1.32 bits per heavy atom. The zero-order chi connectivity index (χ0) is 14.3. The van der Waals surface area contributed by atoms with Gasteiger partial charge in [-0.25, -0.2) is 4.79 Å². The molecule has 0 atom stereocenters. The van der Waals surface area contributed by atoms with Crippen LogP contribution in [0.4, 0.5) is 0 Å². The Labute approximate surface area is 109 Å². The van der Waals surface area contributed by atoms with Crippen LogP contribution in [0, 0.1) is 0 Å². The van der Waals surface area contributed by atoms with Crippen molar-refractivity contribution in [2.24, 2.45) is 0 Å². The Balaban J connectivity index is 2.34. The molecular weight excluding hydrogens is 254 g/mol. The van der Waals surface area contributed by atoms with Gasteiger partial charge in [0.15, 0.2) is 5.69 Å². The van der Waals surface area contributed by atoms with Crippen molar-refractivity contribution >= 4 is 17.8 Å². The van der Waals surface area contributed by atoms with Gasteiger partial charge in [-0.2, -0.15) is 0 Å². The highest BCUT2D eigenvalue weighted by molar-refractivity contribution is 5.95. The molecule has 3 N–H and O–H groups in total. The number of nitrogens with zero attached hydrogens (tertiary/aromatic N) is 1. The molecule has 0 saturated carbocycles. The highest BCUT2D eigenvalue weighted by Gasteiger charge is 2.16. The summed E-state index contributed by atoms with van der Waals surface area (Å²) in [4.78, 5) is 33.3. The molecule has 0 bridgehead atoms. The molecule has 2 amide bonds. The molecular formula is C11H15N3O5. The first-order valence-corrected chi connectivity index (χ1v) is 5.79. The Morgan fingerprint density at radius 3 is 2.63 bits per heavy atom. The molecule has 1 heterocycles. The van der Waals surface area contributed by atoms with Gasteiger partial charge in [-0.1, -0.05) is 12.1 Å². The Kier molecular flexibility index (Phi) is 5.52. The predicted octanol–water partition coefficient (Wildman–Crippen LogP) is 0.0189. The van der Waals surface area contributed by atoms with Gasteiger partial charge >= 0.3 is 5.97 Å². The van der Waals surface area contributed by atoms with E-state index in [1.807, 2.05) is 6.92 Å². The highest BCUT2D eigenvalue weighted by Crippen LogP contribution is 2.03. The average molecular weight is 269 g/mol. The molecule has 104 valence electrons. The van der Waals surface area contributed by atoms with E-state index >= 15 is 0 Å². The summed E-state index contributed by atoms with van der Waals surface area (Å²) >= 11 is 0. The SMILES string of the molecule is CCCNC(=O)CCNC(=O)c1cc(C(=O)O)on1. The van der Waals surface area contributed by atoms with Crippen molar-refractivity contribution in [3.8, 4) is 0 Å². The number of hydrogen-bond donors (Lipinski definition) is 3. The van der Waals surface area contributed by atoms with Crippen LogP contribution in [0.15, 0.2) is 10.6 Å². The lowest BCUT2D eigenvalue weighted by Crippen LogP contribution is -2.31. The number of carbonyl (C=O) groups is 3. The molecule has 1 aromatic heterocycles. The number of carboxylic acid groups (broad SMARTS) is 1. The third-order valence-corrected chi connectivity index (χ3v) is 2.16. The van der Waals surface area contributed by atoms with Crippen LogP contribution in [0.1, 0.15) is 40.8 Å². The van der Waals surface area contributed by atoms with Crippen molar-refractivity contribution in [1.29, 1.82) is 0 Å². The molecule has 0 aliphatic rings. The van der Waals surface area contributed by atoms with E-state index in [0.29, 0.717) is 6.54 Å². The lowest BCUT2D eigenvalue weighted by molar-refractivity contribution is -0.120. The number of hydrogen-bond acceptors (Lipinski definition) is 5. The summed E-state index contributed by atoms with van der Waals surface area (Å²) < 4.78 is 4.44. The summed E-state index contributed by atoms with van der Waals surface area (Å²) in [6, 6.07) is 1.02. The van der Waals surface area contributed by atoms with Crippen molar-refractivity contribution in [2.75, 3.05) is 13.1 Å². The molecule has 19 heavy (non-hydrogen) atoms. The molecule has 0 spiro atoms. The third-order valence-electron chi connectivity index (χ3n) is 2.16. The lowest BCUT2D eigenvalue weighted by atomic mass is 10.3. The van der Waals surface area contributed by atoms with E-state index in [1.165, 1.54) is 0 Å². The fourth-order valence-corrected chi connectivity index (χ4v) is 1.22. The Bertz CT molecular complexity index is 469. The zero-order valence-corrected chi connectivity index (χ0v) is 10.4. The van der Waals surface area contributed by atoms with Crippen LogP contribution in [-0.4, -0.2) is 41.1 Å². The summed E-state index contributed by atoms with van der Waals surface area (Å²) in [5, 5.41) is 17.0. The highest BCUT2D eigenvalue weighted by atomic mass is 16.5. The number of carboxylic acids is 1. The predicted molar refractivity (Wildman–Crippen MR) is 63.7 cm³/mol. The van der Waals surface area contributed by atoms with Crippen LogP contribution in [0.25, 0.3) is 0 Å². The molecule has 0 fully saturated rings. The molecule has 0 radical (unpaired) electrons. The first-order valence-electron chi connectivity index (χ1n) is 5.79. The van der Waals surface area contributed by atoms with Crippen LogP contribution in [0.5, 0.6) is 0 Å². The van der Waals surface area contributed by atoms with Crippen LogP contribution in [0.2, 0.25) is 0 Å². The number of aromatic nitrogens is 1. The van der Waals surface area contributed by atoms with Gasteiger partial charge in [0.25, 0.3) is 5.91 Å². The molecule has 8 heteroatoms. The van der Waals surface area contributed by atoms with Crippen LogP contribution in [-0.2, 0) is 4.79 Å². The van der Waals surface area contributed by atoms with Gasteiger partial charge in [-0.15, -0.1) is 0 Å². The summed E-state index contributed by atoms with van der Waals surface area (Å²) in [6.07, 6.45) is 0.990. The lowest BCUT2D eigenvalue weighted by Gasteiger charge is -2.04. The van der Waals surface area contributed by atoms with Gasteiger partial charge in [0, 0.05) is 25.6 Å². The first kappa shape index (κ1) is 14.7. The van der Waals surface area contributed by atoms with Crippen LogP contribution < -0.4 is 10.6 Å². The second kappa shape index (κ2) is 7.14. The monoisotopic (exact) mass is 269 g/mol. The minimum atomic E-state index is -1.30. The van der Waals surface area contributed by atoms with Gasteiger partial charge in [-0.3, -0.25) is 9.59 Å². The topological polar surface area (TPSA) is 122 Å². The fraction of sp³-hybridized carbons (Fsp3) is 0.455. The first-order chi connectivity index (χ1) is 9.04. The number of aromatic carboxylic acids is 1. The van der Waals surface area contributed by atoms with E-state index in [1.54, 1.807) is 0 Å². The molecule has 1 rings (SSSR count). The zero-order valence-electron chi connectivity index (χ0n) is 10.4. The summed E-state index contributed by atoms with van der Waals surface area (Å²) in [5.74, 6) is -2.45. The smallest absolute Gasteiger partial charge is 0.374 e. The second-order valence-electron chi connectivity index (χ2n) is 3.74. The minimum Gasteiger partial charge on any atom is -0.475 e. The second-order valence-corrected chi connectivity index (χ2v) is 3.74. The maximum atomic E-state index is 11.5. The Hall–Kier alpha value is -2.38. The van der Waals surface area contributed by atoms with Crippen molar-refractivity contribution < 1.29 is 24.0 Å². The number of amides is 2. The molecule has 0 aliphatic heterocycles. The van der Waals surface area contributed by atoms with Crippen LogP contribution in [0.3, 0.4) is 0 Å². The van der Waals surface area contributed by atoms with Crippen molar-refractivity contribution in [1.82, 2.24) is 15.8 Å². The molecule has 1 aromatic rings. The standard InChI is InChI=1S/C11H15N3O5/c1-2-4-12-9(15)3-5-13-10(16)7-6-8(11(17)18)19-14-7/h6H,2-5H2,1H3,(H,12,15)(H,13,16)(H,17,18). The van der Waals surface area contributed by atoms with Gasteiger partial charge in [0.2, 0.25) is 11.7 Å². The van der Waals surface area contributed by atoms with Gasteiger partial charge in [-0.05, 0) is 6.42 Å². The number of rotatable bonds is 7. The third kappa shape index (κ3) is 4.78. The van der Waals surface area contributed by atoms with Crippen molar-refractivity contribution in [3.63, 3.8) is 0 Å². The maximum Gasteiger partial charge on any atom is 0.374 e. The summed E-state index contributed by atoms with van der Waals surface area (Å²) in [7, 11) is 0. The quantitative estimate of drug-likeness (QED) is 0.641. The van der Waals surface area contributed by atoms with Crippen LogP contribution >= 0.6 is 0 Å². The normalized spacial score (nSPS) is 9.95. The number of carbonyl (C=O) groups excluding carboxylic acids is 2. The van der Waals surface area contributed by atoms with E-state index in [0.717, 1.165) is 12.5 Å². The molecule has 0 unspecified atom stereocenters.